The van der Waals surface area contributed by atoms with Gasteiger partial charge in [-0.1, -0.05) is 0 Å². The van der Waals surface area contributed by atoms with Crippen LogP contribution in [0, 0.1) is 18.3 Å². The third-order valence-electron chi connectivity index (χ3n) is 4.23. The minimum atomic E-state index is -0.229. The summed E-state index contributed by atoms with van der Waals surface area (Å²) in [5, 5.41) is 8.66. The second-order valence-electron chi connectivity index (χ2n) is 5.96. The van der Waals surface area contributed by atoms with Gasteiger partial charge in [0.05, 0.1) is 26.9 Å². The molecule has 1 heterocycles. The zero-order valence-electron chi connectivity index (χ0n) is 16.0. The Bertz CT molecular complexity index is 978. The highest BCUT2D eigenvalue weighted by atomic mass is 16.5. The van der Waals surface area contributed by atoms with Gasteiger partial charge in [-0.3, -0.25) is 4.79 Å². The predicted molar refractivity (Wildman–Crippen MR) is 101 cm³/mol. The Balaban J connectivity index is 1.99. The van der Waals surface area contributed by atoms with Gasteiger partial charge in [0, 0.05) is 6.07 Å². The van der Waals surface area contributed by atoms with E-state index in [0.717, 1.165) is 0 Å². The Kier molecular flexibility index (Phi) is 5.41. The number of methoxy groups -OCH3 is 3. The lowest BCUT2D eigenvalue weighted by molar-refractivity contribution is 0.101. The summed E-state index contributed by atoms with van der Waals surface area (Å²) in [6.45, 7) is 1.71. The van der Waals surface area contributed by atoms with Gasteiger partial charge in [0.2, 0.25) is 11.5 Å². The van der Waals surface area contributed by atoms with E-state index >= 15 is 0 Å². The van der Waals surface area contributed by atoms with Crippen LogP contribution in [0.15, 0.2) is 30.0 Å². The van der Waals surface area contributed by atoms with Crippen LogP contribution in [-0.4, -0.2) is 33.7 Å². The maximum Gasteiger partial charge on any atom is 0.232 e. The largest absolute Gasteiger partial charge is 0.493 e. The van der Waals surface area contributed by atoms with Crippen LogP contribution in [0.3, 0.4) is 0 Å². The summed E-state index contributed by atoms with van der Waals surface area (Å²) in [6, 6.07) is 8.67. The van der Waals surface area contributed by atoms with Crippen molar-refractivity contribution >= 4 is 11.9 Å². The molecule has 0 aromatic heterocycles. The first-order chi connectivity index (χ1) is 13.5. The van der Waals surface area contributed by atoms with Crippen molar-refractivity contribution in [1.29, 1.82) is 5.26 Å². The lowest BCUT2D eigenvalue weighted by atomic mass is 10.0. The van der Waals surface area contributed by atoms with Crippen LogP contribution in [0.5, 0.6) is 28.7 Å². The van der Waals surface area contributed by atoms with Gasteiger partial charge in [-0.05, 0) is 42.3 Å². The number of ketones is 1. The average Bonchev–Trinajstić information content (AvgIpc) is 3.01. The topological polar surface area (TPSA) is 87.0 Å². The Hall–Kier alpha value is -3.66. The van der Waals surface area contributed by atoms with E-state index in [1.165, 1.54) is 21.3 Å². The van der Waals surface area contributed by atoms with Crippen LogP contribution in [-0.2, 0) is 0 Å². The minimum absolute atomic E-state index is 0.0830. The molecule has 1 aliphatic rings. The zero-order valence-corrected chi connectivity index (χ0v) is 16.0. The molecule has 0 aliphatic carbocycles. The van der Waals surface area contributed by atoms with Gasteiger partial charge in [0.15, 0.2) is 23.9 Å². The Morgan fingerprint density at radius 2 is 1.75 bits per heavy atom. The van der Waals surface area contributed by atoms with Crippen LogP contribution in [0.4, 0.5) is 0 Å². The summed E-state index contributed by atoms with van der Waals surface area (Å²) in [7, 11) is 4.56. The number of hydrogen-bond acceptors (Lipinski definition) is 7. The van der Waals surface area contributed by atoms with E-state index in [1.807, 2.05) is 6.07 Å². The van der Waals surface area contributed by atoms with Crippen LogP contribution in [0.25, 0.3) is 6.08 Å². The molecule has 144 valence electrons. The van der Waals surface area contributed by atoms with Gasteiger partial charge in [0.1, 0.15) is 17.6 Å². The minimum Gasteiger partial charge on any atom is -0.493 e. The summed E-state index contributed by atoms with van der Waals surface area (Å²) in [5.74, 6) is 2.22. The van der Waals surface area contributed by atoms with Crippen molar-refractivity contribution in [2.75, 3.05) is 27.9 Å². The number of nitrogens with zero attached hydrogens (tertiary/aromatic N) is 1. The molecule has 2 aromatic carbocycles. The molecular weight excluding hydrogens is 362 g/mol. The zero-order chi connectivity index (χ0) is 20.3. The summed E-state index contributed by atoms with van der Waals surface area (Å²) >= 11 is 0. The van der Waals surface area contributed by atoms with Crippen molar-refractivity contribution in [3.63, 3.8) is 0 Å². The van der Waals surface area contributed by atoms with E-state index in [-0.39, 0.29) is 18.1 Å². The summed E-state index contributed by atoms with van der Waals surface area (Å²) in [4.78, 5) is 12.8. The molecular formula is C21H19NO6. The van der Waals surface area contributed by atoms with Crippen LogP contribution in [0.2, 0.25) is 0 Å². The number of fused-ring (bicyclic) bond motifs is 1. The fraction of sp³-hybridized carbons (Fsp3) is 0.238. The highest BCUT2D eigenvalue weighted by Gasteiger charge is 2.30. The number of ether oxygens (including phenoxy) is 5. The van der Waals surface area contributed by atoms with E-state index in [9.17, 15) is 4.79 Å². The van der Waals surface area contributed by atoms with Gasteiger partial charge in [-0.25, -0.2) is 0 Å². The van der Waals surface area contributed by atoms with E-state index < -0.39 is 0 Å². The van der Waals surface area contributed by atoms with Crippen LogP contribution < -0.4 is 23.7 Å². The Morgan fingerprint density at radius 1 is 1.07 bits per heavy atom. The fourth-order valence-corrected chi connectivity index (χ4v) is 3.01. The van der Waals surface area contributed by atoms with Crippen LogP contribution >= 0.6 is 0 Å². The van der Waals surface area contributed by atoms with E-state index in [2.05, 4.69) is 0 Å². The Labute approximate surface area is 162 Å². The molecule has 0 saturated heterocycles. The SMILES string of the molecule is COc1cc(C=C2Oc3cc(OCC#N)cc(C)c3C2=O)cc(OC)c1OC. The van der Waals surface area contributed by atoms with Gasteiger partial charge in [0.25, 0.3) is 0 Å². The third-order valence-corrected chi connectivity index (χ3v) is 4.23. The Morgan fingerprint density at radius 3 is 2.32 bits per heavy atom. The fourth-order valence-electron chi connectivity index (χ4n) is 3.01. The molecule has 0 unspecified atom stereocenters. The molecule has 7 heteroatoms. The molecule has 0 spiro atoms. The first kappa shape index (κ1) is 19.1. The second-order valence-corrected chi connectivity index (χ2v) is 5.96. The van der Waals surface area contributed by atoms with Gasteiger partial charge in [-0.2, -0.15) is 5.26 Å². The smallest absolute Gasteiger partial charge is 0.232 e. The quantitative estimate of drug-likeness (QED) is 0.707. The maximum absolute atomic E-state index is 12.8. The molecule has 0 radical (unpaired) electrons. The number of carbonyl (C=O) groups excluding carboxylic acids is 1. The second kappa shape index (κ2) is 7.92. The molecule has 2 aromatic rings. The predicted octanol–water partition coefficient (Wildman–Crippen LogP) is 3.54. The first-order valence-electron chi connectivity index (χ1n) is 8.41. The molecule has 1 aliphatic heterocycles. The number of rotatable bonds is 6. The third kappa shape index (κ3) is 3.45. The van der Waals surface area contributed by atoms with Gasteiger partial charge >= 0.3 is 0 Å². The number of nitriles is 1. The van der Waals surface area contributed by atoms with Crippen molar-refractivity contribution in [3.8, 4) is 34.8 Å². The van der Waals surface area contributed by atoms with E-state index in [1.54, 1.807) is 37.3 Å². The molecule has 0 N–H and O–H groups in total. The highest BCUT2D eigenvalue weighted by molar-refractivity contribution is 6.15. The van der Waals surface area contributed by atoms with Crippen molar-refractivity contribution in [3.05, 3.63) is 46.7 Å². The van der Waals surface area contributed by atoms with Gasteiger partial charge in [-0.15, -0.1) is 0 Å². The summed E-state index contributed by atoms with van der Waals surface area (Å²) in [5.41, 5.74) is 1.84. The number of aryl methyl sites for hydroxylation is 1. The molecule has 0 fully saturated rings. The molecule has 0 saturated carbocycles. The summed E-state index contributed by atoms with van der Waals surface area (Å²) in [6.07, 6.45) is 1.61. The highest BCUT2D eigenvalue weighted by Crippen LogP contribution is 2.41. The molecule has 0 bridgehead atoms. The summed E-state index contributed by atoms with van der Waals surface area (Å²) < 4.78 is 27.1. The number of allylic oxidation sites excluding steroid dienone is 1. The van der Waals surface area contributed by atoms with Crippen molar-refractivity contribution < 1.29 is 28.5 Å². The monoisotopic (exact) mass is 381 g/mol. The maximum atomic E-state index is 12.8. The molecule has 0 amide bonds. The van der Waals surface area contributed by atoms with E-state index in [4.69, 9.17) is 28.9 Å². The normalized spacial score (nSPS) is 13.5. The number of Topliss-reactive ketones (excluding diaryl/α,β-unsaturated/α-hetero) is 1. The lowest BCUT2D eigenvalue weighted by Gasteiger charge is -2.13. The van der Waals surface area contributed by atoms with Crippen molar-refractivity contribution in [2.24, 2.45) is 0 Å². The first-order valence-corrected chi connectivity index (χ1v) is 8.41. The van der Waals surface area contributed by atoms with E-state index in [0.29, 0.717) is 45.4 Å². The number of benzene rings is 2. The van der Waals surface area contributed by atoms with Gasteiger partial charge < -0.3 is 23.7 Å². The number of hydrogen-bond donors (Lipinski definition) is 0. The molecule has 3 rings (SSSR count). The molecule has 28 heavy (non-hydrogen) atoms. The van der Waals surface area contributed by atoms with Crippen molar-refractivity contribution in [2.45, 2.75) is 6.92 Å². The molecule has 7 nitrogen and oxygen atoms in total. The lowest BCUT2D eigenvalue weighted by Crippen LogP contribution is -2.00. The standard InChI is InChI=1S/C21H19NO6/c1-12-7-14(27-6-5-22)11-15-19(12)20(23)16(28-15)8-13-9-17(24-2)21(26-4)18(10-13)25-3/h7-11H,6H2,1-4H3. The molecule has 0 atom stereocenters. The van der Waals surface area contributed by atoms with Crippen LogP contribution in [0.1, 0.15) is 21.5 Å². The average molecular weight is 381 g/mol. The number of carbonyl (C=O) groups is 1. The van der Waals surface area contributed by atoms with Crippen molar-refractivity contribution in [1.82, 2.24) is 0 Å².